The third-order valence-corrected chi connectivity index (χ3v) is 4.42. The van der Waals surface area contributed by atoms with Crippen LogP contribution in [0, 0.1) is 0 Å². The summed E-state index contributed by atoms with van der Waals surface area (Å²) in [5, 5.41) is -0.283. The van der Waals surface area contributed by atoms with Gasteiger partial charge in [-0.15, -0.1) is 0 Å². The number of alkyl halides is 3. The quantitative estimate of drug-likeness (QED) is 0.883. The fraction of sp³-hybridized carbons (Fsp3) is 0.0833. The van der Waals surface area contributed by atoms with Crippen molar-refractivity contribution in [3.63, 3.8) is 0 Å². The second-order valence-electron chi connectivity index (χ2n) is 3.97. The molecular formula is C12H8BrF3N2O2S. The highest BCUT2D eigenvalue weighted by Gasteiger charge is 2.31. The average Bonchev–Trinajstić information content (AvgIpc) is 2.41. The third kappa shape index (κ3) is 3.73. The monoisotopic (exact) mass is 380 g/mol. The fourth-order valence-corrected chi connectivity index (χ4v) is 2.98. The van der Waals surface area contributed by atoms with Crippen LogP contribution in [-0.4, -0.2) is 13.4 Å². The molecule has 21 heavy (non-hydrogen) atoms. The number of benzene rings is 1. The van der Waals surface area contributed by atoms with Crippen LogP contribution in [-0.2, 0) is 16.2 Å². The van der Waals surface area contributed by atoms with E-state index in [1.807, 2.05) is 0 Å². The van der Waals surface area contributed by atoms with Crippen LogP contribution < -0.4 is 4.72 Å². The molecule has 0 aliphatic carbocycles. The Balaban J connectivity index is 2.40. The van der Waals surface area contributed by atoms with Gasteiger partial charge in [-0.3, -0.25) is 4.72 Å². The molecule has 2 aromatic rings. The summed E-state index contributed by atoms with van der Waals surface area (Å²) in [7, 11) is -4.06. The van der Waals surface area contributed by atoms with Crippen LogP contribution >= 0.6 is 15.9 Å². The van der Waals surface area contributed by atoms with Gasteiger partial charge in [0.2, 0.25) is 0 Å². The van der Waals surface area contributed by atoms with Crippen molar-refractivity contribution in [2.45, 2.75) is 11.2 Å². The van der Waals surface area contributed by atoms with E-state index in [4.69, 9.17) is 0 Å². The summed E-state index contributed by atoms with van der Waals surface area (Å²) in [6.07, 6.45) is -3.29. The van der Waals surface area contributed by atoms with Crippen molar-refractivity contribution in [3.05, 3.63) is 52.6 Å². The summed E-state index contributed by atoms with van der Waals surface area (Å²) < 4.78 is 64.3. The van der Waals surface area contributed by atoms with Gasteiger partial charge in [0.1, 0.15) is 0 Å². The molecule has 1 aromatic carbocycles. The molecule has 0 aliphatic heterocycles. The minimum atomic E-state index is -4.56. The Labute approximate surface area is 127 Å². The summed E-state index contributed by atoms with van der Waals surface area (Å²) in [4.78, 5) is 3.66. The maximum atomic E-state index is 12.7. The second kappa shape index (κ2) is 5.64. The molecule has 0 bridgehead atoms. The number of halogens is 4. The fourth-order valence-electron chi connectivity index (χ4n) is 1.48. The smallest absolute Gasteiger partial charge is 0.277 e. The molecule has 0 unspecified atom stereocenters. The highest BCUT2D eigenvalue weighted by molar-refractivity contribution is 9.10. The van der Waals surface area contributed by atoms with Crippen LogP contribution in [0.2, 0.25) is 0 Å². The maximum absolute atomic E-state index is 12.7. The first kappa shape index (κ1) is 15.8. The number of anilines is 1. The molecule has 1 heterocycles. The van der Waals surface area contributed by atoms with E-state index in [0.29, 0.717) is 6.07 Å². The van der Waals surface area contributed by atoms with Crippen LogP contribution in [0.1, 0.15) is 5.56 Å². The molecule has 1 N–H and O–H groups in total. The van der Waals surface area contributed by atoms with Gasteiger partial charge >= 0.3 is 6.18 Å². The van der Waals surface area contributed by atoms with Crippen molar-refractivity contribution in [2.75, 3.05) is 4.72 Å². The number of nitrogens with one attached hydrogen (secondary N) is 1. The van der Waals surface area contributed by atoms with Crippen LogP contribution in [0.3, 0.4) is 0 Å². The number of nitrogens with zero attached hydrogens (tertiary/aromatic N) is 1. The molecule has 1 aromatic heterocycles. The van der Waals surface area contributed by atoms with Gasteiger partial charge in [-0.05, 0) is 46.3 Å². The van der Waals surface area contributed by atoms with Crippen molar-refractivity contribution >= 4 is 31.6 Å². The number of sulfonamides is 1. The molecule has 4 nitrogen and oxygen atoms in total. The number of hydrogen-bond acceptors (Lipinski definition) is 3. The average molecular weight is 381 g/mol. The molecular weight excluding hydrogens is 373 g/mol. The van der Waals surface area contributed by atoms with Crippen molar-refractivity contribution in [1.82, 2.24) is 4.98 Å². The van der Waals surface area contributed by atoms with Crippen LogP contribution in [0.5, 0.6) is 0 Å². The lowest BCUT2D eigenvalue weighted by Crippen LogP contribution is -2.15. The molecule has 0 fully saturated rings. The zero-order valence-corrected chi connectivity index (χ0v) is 12.6. The zero-order valence-electron chi connectivity index (χ0n) is 10.2. The molecule has 0 amide bonds. The van der Waals surface area contributed by atoms with E-state index in [0.717, 1.165) is 12.1 Å². The van der Waals surface area contributed by atoms with E-state index in [1.54, 1.807) is 0 Å². The molecule has 0 saturated carbocycles. The van der Waals surface area contributed by atoms with Gasteiger partial charge < -0.3 is 0 Å². The number of pyridine rings is 1. The normalized spacial score (nSPS) is 12.2. The lowest BCUT2D eigenvalue weighted by Gasteiger charge is -2.12. The van der Waals surface area contributed by atoms with Gasteiger partial charge in [0.05, 0.1) is 11.3 Å². The van der Waals surface area contributed by atoms with Gasteiger partial charge in [0.25, 0.3) is 10.0 Å². The molecule has 112 valence electrons. The van der Waals surface area contributed by atoms with E-state index in [1.165, 1.54) is 24.4 Å². The first-order valence-corrected chi connectivity index (χ1v) is 7.78. The molecule has 0 radical (unpaired) electrons. The summed E-state index contributed by atoms with van der Waals surface area (Å²) in [5.41, 5.74) is -1.17. The Morgan fingerprint density at radius 3 is 2.43 bits per heavy atom. The Bertz CT molecular complexity index is 749. The Hall–Kier alpha value is -1.61. The summed E-state index contributed by atoms with van der Waals surface area (Å²) in [6.45, 7) is 0. The molecule has 2 rings (SSSR count). The molecule has 0 saturated heterocycles. The van der Waals surface area contributed by atoms with Crippen LogP contribution in [0.4, 0.5) is 18.9 Å². The van der Waals surface area contributed by atoms with Gasteiger partial charge in [-0.25, -0.2) is 4.98 Å². The highest BCUT2D eigenvalue weighted by atomic mass is 79.9. The Morgan fingerprint density at radius 2 is 1.86 bits per heavy atom. The van der Waals surface area contributed by atoms with E-state index < -0.39 is 21.8 Å². The summed E-state index contributed by atoms with van der Waals surface area (Å²) >= 11 is 3.01. The predicted octanol–water partition coefficient (Wildman–Crippen LogP) is 3.66. The summed E-state index contributed by atoms with van der Waals surface area (Å²) in [6, 6.07) is 6.91. The van der Waals surface area contributed by atoms with Gasteiger partial charge in [0.15, 0.2) is 5.03 Å². The second-order valence-corrected chi connectivity index (χ2v) is 6.45. The van der Waals surface area contributed by atoms with Crippen molar-refractivity contribution in [2.24, 2.45) is 0 Å². The van der Waals surface area contributed by atoms with Crippen molar-refractivity contribution in [3.8, 4) is 0 Å². The largest absolute Gasteiger partial charge is 0.416 e. The zero-order chi connectivity index (χ0) is 15.7. The summed E-state index contributed by atoms with van der Waals surface area (Å²) in [5.74, 6) is 0. The van der Waals surface area contributed by atoms with E-state index >= 15 is 0 Å². The first-order valence-electron chi connectivity index (χ1n) is 5.51. The minimum Gasteiger partial charge on any atom is -0.277 e. The lowest BCUT2D eigenvalue weighted by atomic mass is 10.2. The van der Waals surface area contributed by atoms with E-state index in [2.05, 4.69) is 25.6 Å². The SMILES string of the molecule is O=S(=O)(Nc1cc(C(F)(F)F)ccc1Br)c1ccccn1. The van der Waals surface area contributed by atoms with E-state index in [9.17, 15) is 21.6 Å². The standard InChI is InChI=1S/C12H8BrF3N2O2S/c13-9-5-4-8(12(14,15)16)7-10(9)18-21(19,20)11-3-1-2-6-17-11/h1-7,18H. The Kier molecular flexibility index (Phi) is 4.24. The van der Waals surface area contributed by atoms with Crippen molar-refractivity contribution in [1.29, 1.82) is 0 Å². The number of aromatic nitrogens is 1. The molecule has 0 atom stereocenters. The number of rotatable bonds is 3. The maximum Gasteiger partial charge on any atom is 0.416 e. The topological polar surface area (TPSA) is 59.1 Å². The van der Waals surface area contributed by atoms with E-state index in [-0.39, 0.29) is 15.2 Å². The highest BCUT2D eigenvalue weighted by Crippen LogP contribution is 2.34. The minimum absolute atomic E-state index is 0.190. The molecule has 9 heteroatoms. The van der Waals surface area contributed by atoms with Gasteiger partial charge in [-0.1, -0.05) is 6.07 Å². The van der Waals surface area contributed by atoms with Crippen LogP contribution in [0.25, 0.3) is 0 Å². The lowest BCUT2D eigenvalue weighted by molar-refractivity contribution is -0.137. The molecule has 0 aliphatic rings. The van der Waals surface area contributed by atoms with Crippen LogP contribution in [0.15, 0.2) is 52.1 Å². The number of hydrogen-bond donors (Lipinski definition) is 1. The van der Waals surface area contributed by atoms with Gasteiger partial charge in [-0.2, -0.15) is 21.6 Å². The Morgan fingerprint density at radius 1 is 1.14 bits per heavy atom. The van der Waals surface area contributed by atoms with Gasteiger partial charge in [0, 0.05) is 10.7 Å². The molecule has 0 spiro atoms. The third-order valence-electron chi connectivity index (χ3n) is 2.45. The van der Waals surface area contributed by atoms with Crippen molar-refractivity contribution < 1.29 is 21.6 Å². The first-order chi connectivity index (χ1) is 9.70. The predicted molar refractivity (Wildman–Crippen MR) is 74.2 cm³/mol.